The number of piperidine rings is 1. The number of anilines is 1. The second-order valence-corrected chi connectivity index (χ2v) is 7.81. The Morgan fingerprint density at radius 3 is 2.55 bits per heavy atom. The molecule has 0 amide bonds. The minimum Gasteiger partial charge on any atom is -0.487 e. The summed E-state index contributed by atoms with van der Waals surface area (Å²) in [6.45, 7) is 5.82. The number of benzene rings is 2. The molecule has 2 aromatic carbocycles. The monoisotopic (exact) mass is 390 g/mol. The van der Waals surface area contributed by atoms with Crippen LogP contribution in [0.1, 0.15) is 24.0 Å². The van der Waals surface area contributed by atoms with Crippen molar-refractivity contribution >= 4 is 16.7 Å². The van der Waals surface area contributed by atoms with Gasteiger partial charge in [0.05, 0.1) is 13.2 Å². The second-order valence-electron chi connectivity index (χ2n) is 7.81. The molecule has 2 fully saturated rings. The molecule has 150 valence electrons. The predicted octanol–water partition coefficient (Wildman–Crippen LogP) is 4.47. The van der Waals surface area contributed by atoms with Crippen LogP contribution in [0.25, 0.3) is 10.9 Å². The zero-order valence-corrected chi connectivity index (χ0v) is 16.8. The molecule has 0 bridgehead atoms. The Morgan fingerprint density at radius 2 is 1.76 bits per heavy atom. The molecule has 2 aliphatic heterocycles. The Bertz CT molecular complexity index is 1000. The number of nitrogens with zero attached hydrogens (tertiary/aromatic N) is 2. The van der Waals surface area contributed by atoms with E-state index in [9.17, 15) is 0 Å². The summed E-state index contributed by atoms with van der Waals surface area (Å²) in [5.41, 5.74) is 3.34. The largest absolute Gasteiger partial charge is 0.487 e. The molecule has 3 heterocycles. The number of pyridine rings is 1. The number of aromatic nitrogens is 1. The third kappa shape index (κ3) is 3.68. The Hall–Kier alpha value is -2.63. The van der Waals surface area contributed by atoms with Gasteiger partial charge in [0.25, 0.3) is 0 Å². The summed E-state index contributed by atoms with van der Waals surface area (Å²) in [6, 6.07) is 18.7. The predicted molar refractivity (Wildman–Crippen MR) is 113 cm³/mol. The smallest absolute Gasteiger partial charge is 0.171 e. The van der Waals surface area contributed by atoms with Crippen LogP contribution in [0.4, 0.5) is 5.82 Å². The molecular formula is C24H26N2O3. The van der Waals surface area contributed by atoms with Gasteiger partial charge in [0, 0.05) is 31.3 Å². The highest BCUT2D eigenvalue weighted by molar-refractivity contribution is 5.86. The summed E-state index contributed by atoms with van der Waals surface area (Å²) >= 11 is 0. The number of rotatable bonds is 4. The highest BCUT2D eigenvalue weighted by Crippen LogP contribution is 2.34. The van der Waals surface area contributed by atoms with E-state index in [0.717, 1.165) is 48.4 Å². The lowest BCUT2D eigenvalue weighted by molar-refractivity contribution is -0.169. The van der Waals surface area contributed by atoms with Gasteiger partial charge < -0.3 is 19.1 Å². The molecule has 1 spiro atoms. The first-order valence-corrected chi connectivity index (χ1v) is 10.3. The van der Waals surface area contributed by atoms with Crippen molar-refractivity contribution in [2.24, 2.45) is 0 Å². The maximum absolute atomic E-state index is 6.18. The molecular weight excluding hydrogens is 364 g/mol. The maximum atomic E-state index is 6.18. The number of ether oxygens (including phenoxy) is 3. The van der Waals surface area contributed by atoms with E-state index in [1.54, 1.807) is 0 Å². The number of para-hydroxylation sites is 1. The molecule has 0 saturated carbocycles. The van der Waals surface area contributed by atoms with Gasteiger partial charge in [0.15, 0.2) is 5.79 Å². The van der Waals surface area contributed by atoms with Crippen LogP contribution in [0.5, 0.6) is 5.75 Å². The van der Waals surface area contributed by atoms with Crippen molar-refractivity contribution in [3.05, 3.63) is 65.7 Å². The highest BCUT2D eigenvalue weighted by atomic mass is 16.7. The van der Waals surface area contributed by atoms with Crippen LogP contribution < -0.4 is 9.64 Å². The van der Waals surface area contributed by atoms with Crippen LogP contribution in [0, 0.1) is 6.92 Å². The van der Waals surface area contributed by atoms with Crippen LogP contribution >= 0.6 is 0 Å². The van der Waals surface area contributed by atoms with E-state index < -0.39 is 0 Å². The van der Waals surface area contributed by atoms with E-state index in [1.807, 2.05) is 18.2 Å². The normalized spacial score (nSPS) is 18.4. The summed E-state index contributed by atoms with van der Waals surface area (Å²) < 4.78 is 17.9. The third-order valence-electron chi connectivity index (χ3n) is 5.98. The molecule has 0 unspecified atom stereocenters. The van der Waals surface area contributed by atoms with E-state index in [0.29, 0.717) is 19.8 Å². The molecule has 1 aromatic heterocycles. The number of hydrogen-bond acceptors (Lipinski definition) is 5. The molecule has 5 nitrogen and oxygen atoms in total. The van der Waals surface area contributed by atoms with Gasteiger partial charge in [-0.25, -0.2) is 4.98 Å². The van der Waals surface area contributed by atoms with Gasteiger partial charge in [0.1, 0.15) is 23.7 Å². The van der Waals surface area contributed by atoms with Crippen molar-refractivity contribution in [1.29, 1.82) is 0 Å². The number of aryl methyl sites for hydroxylation is 1. The minimum absolute atomic E-state index is 0.366. The number of fused-ring (bicyclic) bond motifs is 1. The first-order chi connectivity index (χ1) is 14.2. The van der Waals surface area contributed by atoms with Gasteiger partial charge in [-0.05, 0) is 36.2 Å². The van der Waals surface area contributed by atoms with Crippen LogP contribution in [0.2, 0.25) is 0 Å². The maximum Gasteiger partial charge on any atom is 0.171 e. The van der Waals surface area contributed by atoms with Crippen LogP contribution in [0.3, 0.4) is 0 Å². The van der Waals surface area contributed by atoms with Crippen molar-refractivity contribution < 1.29 is 14.2 Å². The van der Waals surface area contributed by atoms with Crippen LogP contribution in [-0.2, 0) is 16.1 Å². The van der Waals surface area contributed by atoms with Gasteiger partial charge in [-0.2, -0.15) is 0 Å². The Kier molecular flexibility index (Phi) is 4.86. The van der Waals surface area contributed by atoms with Gasteiger partial charge in [-0.3, -0.25) is 0 Å². The molecule has 2 saturated heterocycles. The Labute approximate surface area is 171 Å². The van der Waals surface area contributed by atoms with Gasteiger partial charge >= 0.3 is 0 Å². The fourth-order valence-corrected chi connectivity index (χ4v) is 4.19. The molecule has 0 aliphatic carbocycles. The third-order valence-corrected chi connectivity index (χ3v) is 5.98. The van der Waals surface area contributed by atoms with Crippen molar-refractivity contribution in [2.45, 2.75) is 32.2 Å². The lowest BCUT2D eigenvalue weighted by atomic mass is 10.0. The Balaban J connectivity index is 1.37. The quantitative estimate of drug-likeness (QED) is 0.658. The van der Waals surface area contributed by atoms with Crippen molar-refractivity contribution in [1.82, 2.24) is 4.98 Å². The SMILES string of the molecule is Cc1ccccc1COc1cccc2ccc(N3CCC4(CC3)OCCO4)nc12. The lowest BCUT2D eigenvalue weighted by Crippen LogP contribution is -2.45. The van der Waals surface area contributed by atoms with E-state index in [-0.39, 0.29) is 5.79 Å². The fraction of sp³-hybridized carbons (Fsp3) is 0.375. The molecule has 5 rings (SSSR count). The van der Waals surface area contributed by atoms with E-state index >= 15 is 0 Å². The first kappa shape index (κ1) is 18.4. The first-order valence-electron chi connectivity index (χ1n) is 10.3. The molecule has 3 aromatic rings. The summed E-state index contributed by atoms with van der Waals surface area (Å²) in [4.78, 5) is 7.28. The van der Waals surface area contributed by atoms with Gasteiger partial charge in [0.2, 0.25) is 0 Å². The minimum atomic E-state index is -0.366. The highest BCUT2D eigenvalue weighted by Gasteiger charge is 2.40. The van der Waals surface area contributed by atoms with Crippen molar-refractivity contribution in [3.63, 3.8) is 0 Å². The second kappa shape index (κ2) is 7.65. The topological polar surface area (TPSA) is 43.8 Å². The van der Waals surface area contributed by atoms with E-state index in [1.165, 1.54) is 11.1 Å². The zero-order chi connectivity index (χ0) is 19.7. The lowest BCUT2D eigenvalue weighted by Gasteiger charge is -2.38. The van der Waals surface area contributed by atoms with Gasteiger partial charge in [-0.15, -0.1) is 0 Å². The summed E-state index contributed by atoms with van der Waals surface area (Å²) in [7, 11) is 0. The molecule has 0 atom stereocenters. The molecule has 5 heteroatoms. The number of hydrogen-bond donors (Lipinski definition) is 0. The summed E-state index contributed by atoms with van der Waals surface area (Å²) in [5, 5.41) is 1.09. The fourth-order valence-electron chi connectivity index (χ4n) is 4.19. The van der Waals surface area contributed by atoms with Crippen LogP contribution in [0.15, 0.2) is 54.6 Å². The molecule has 2 aliphatic rings. The summed E-state index contributed by atoms with van der Waals surface area (Å²) in [6.07, 6.45) is 1.75. The average Bonchev–Trinajstić information content (AvgIpc) is 3.21. The zero-order valence-electron chi connectivity index (χ0n) is 16.8. The van der Waals surface area contributed by atoms with Crippen molar-refractivity contribution in [3.8, 4) is 5.75 Å². The molecule has 29 heavy (non-hydrogen) atoms. The Morgan fingerprint density at radius 1 is 0.966 bits per heavy atom. The van der Waals surface area contributed by atoms with E-state index in [4.69, 9.17) is 19.2 Å². The molecule has 0 N–H and O–H groups in total. The molecule has 0 radical (unpaired) electrons. The summed E-state index contributed by atoms with van der Waals surface area (Å²) in [5.74, 6) is 1.44. The van der Waals surface area contributed by atoms with Crippen molar-refractivity contribution in [2.75, 3.05) is 31.2 Å². The van der Waals surface area contributed by atoms with Gasteiger partial charge in [-0.1, -0.05) is 36.4 Å². The standard InChI is InChI=1S/C24H26N2O3/c1-18-5-2-3-6-20(18)17-27-21-8-4-7-19-9-10-22(25-23(19)21)26-13-11-24(12-14-26)28-15-16-29-24/h2-10H,11-17H2,1H3. The van der Waals surface area contributed by atoms with Crippen LogP contribution in [-0.4, -0.2) is 37.1 Å². The van der Waals surface area contributed by atoms with E-state index in [2.05, 4.69) is 48.2 Å². The average molecular weight is 390 g/mol.